The van der Waals surface area contributed by atoms with Crippen LogP contribution in [0.1, 0.15) is 17.5 Å². The first-order valence-electron chi connectivity index (χ1n) is 5.28. The Morgan fingerprint density at radius 3 is 2.75 bits per heavy atom. The molecule has 0 aliphatic carbocycles. The monoisotopic (exact) mass is 261 g/mol. The van der Waals surface area contributed by atoms with Crippen molar-refractivity contribution in [3.63, 3.8) is 0 Å². The van der Waals surface area contributed by atoms with Crippen molar-refractivity contribution in [2.24, 2.45) is 0 Å². The summed E-state index contributed by atoms with van der Waals surface area (Å²) in [4.78, 5) is 0. The SMILES string of the molecule is COc1cc(C)c(CNCCCCl)cc1Cl. The minimum absolute atomic E-state index is 0.655. The number of nitrogens with one attached hydrogen (secondary N) is 1. The first-order valence-corrected chi connectivity index (χ1v) is 6.20. The third kappa shape index (κ3) is 3.85. The number of aryl methyl sites for hydroxylation is 1. The maximum atomic E-state index is 6.07. The molecule has 0 aliphatic rings. The summed E-state index contributed by atoms with van der Waals surface area (Å²) in [7, 11) is 1.62. The molecule has 90 valence electrons. The number of alkyl halides is 1. The van der Waals surface area contributed by atoms with E-state index in [1.54, 1.807) is 7.11 Å². The van der Waals surface area contributed by atoms with Gasteiger partial charge in [-0.15, -0.1) is 11.6 Å². The predicted octanol–water partition coefficient (Wildman–Crippen LogP) is 3.38. The number of rotatable bonds is 6. The third-order valence-corrected chi connectivity index (χ3v) is 2.98. The Bertz CT molecular complexity index is 342. The van der Waals surface area contributed by atoms with Crippen molar-refractivity contribution < 1.29 is 4.74 Å². The molecule has 2 nitrogen and oxygen atoms in total. The van der Waals surface area contributed by atoms with Crippen LogP contribution in [-0.4, -0.2) is 19.5 Å². The van der Waals surface area contributed by atoms with Gasteiger partial charge in [0.15, 0.2) is 0 Å². The van der Waals surface area contributed by atoms with Gasteiger partial charge in [0.2, 0.25) is 0 Å². The van der Waals surface area contributed by atoms with Crippen molar-refractivity contribution in [3.8, 4) is 5.75 Å². The Balaban J connectivity index is 2.63. The van der Waals surface area contributed by atoms with Crippen molar-refractivity contribution >= 4 is 23.2 Å². The average Bonchev–Trinajstić information content (AvgIpc) is 2.28. The molecule has 0 radical (unpaired) electrons. The molecule has 4 heteroatoms. The van der Waals surface area contributed by atoms with E-state index in [9.17, 15) is 0 Å². The second-order valence-electron chi connectivity index (χ2n) is 3.63. The molecule has 1 aromatic carbocycles. The number of benzene rings is 1. The zero-order chi connectivity index (χ0) is 12.0. The molecule has 0 amide bonds. The zero-order valence-corrected chi connectivity index (χ0v) is 11.2. The summed E-state index contributed by atoms with van der Waals surface area (Å²) in [6, 6.07) is 3.91. The molecule has 1 N–H and O–H groups in total. The summed E-state index contributed by atoms with van der Waals surface area (Å²) < 4.78 is 5.15. The van der Waals surface area contributed by atoms with E-state index in [1.807, 2.05) is 12.1 Å². The number of halogens is 2. The first kappa shape index (κ1) is 13.6. The lowest BCUT2D eigenvalue weighted by Gasteiger charge is -2.10. The minimum Gasteiger partial charge on any atom is -0.495 e. The van der Waals surface area contributed by atoms with Crippen LogP contribution in [-0.2, 0) is 6.54 Å². The molecule has 1 rings (SSSR count). The van der Waals surface area contributed by atoms with Gasteiger partial charge in [-0.1, -0.05) is 11.6 Å². The van der Waals surface area contributed by atoms with Gasteiger partial charge in [-0.05, 0) is 43.1 Å². The van der Waals surface area contributed by atoms with Gasteiger partial charge in [-0.3, -0.25) is 0 Å². The van der Waals surface area contributed by atoms with Crippen LogP contribution in [0.4, 0.5) is 0 Å². The number of hydrogen-bond acceptors (Lipinski definition) is 2. The van der Waals surface area contributed by atoms with Gasteiger partial charge in [0, 0.05) is 12.4 Å². The van der Waals surface area contributed by atoms with Crippen molar-refractivity contribution in [2.45, 2.75) is 19.9 Å². The second kappa shape index (κ2) is 7.00. The normalized spacial score (nSPS) is 10.5. The summed E-state index contributed by atoms with van der Waals surface area (Å²) in [5.74, 6) is 1.42. The van der Waals surface area contributed by atoms with Crippen LogP contribution in [0.25, 0.3) is 0 Å². The molecule has 16 heavy (non-hydrogen) atoms. The van der Waals surface area contributed by atoms with Crippen LogP contribution in [0, 0.1) is 6.92 Å². The number of ether oxygens (including phenoxy) is 1. The Labute approximate surface area is 107 Å². The Kier molecular flexibility index (Phi) is 5.96. The highest BCUT2D eigenvalue weighted by molar-refractivity contribution is 6.32. The van der Waals surface area contributed by atoms with Crippen LogP contribution >= 0.6 is 23.2 Å². The highest BCUT2D eigenvalue weighted by Crippen LogP contribution is 2.27. The van der Waals surface area contributed by atoms with E-state index in [0.717, 1.165) is 25.3 Å². The van der Waals surface area contributed by atoms with Gasteiger partial charge in [0.1, 0.15) is 5.75 Å². The van der Waals surface area contributed by atoms with Crippen LogP contribution in [0.5, 0.6) is 5.75 Å². The quantitative estimate of drug-likeness (QED) is 0.627. The number of hydrogen-bond donors (Lipinski definition) is 1. The topological polar surface area (TPSA) is 21.3 Å². The molecule has 0 saturated heterocycles. The molecule has 0 atom stereocenters. The lowest BCUT2D eigenvalue weighted by molar-refractivity contribution is 0.414. The summed E-state index contributed by atoms with van der Waals surface area (Å²) in [6.07, 6.45) is 0.977. The lowest BCUT2D eigenvalue weighted by Crippen LogP contribution is -2.15. The summed E-state index contributed by atoms with van der Waals surface area (Å²) in [5, 5.41) is 3.98. The van der Waals surface area contributed by atoms with Crippen LogP contribution in [0.2, 0.25) is 5.02 Å². The largest absolute Gasteiger partial charge is 0.495 e. The highest BCUT2D eigenvalue weighted by atomic mass is 35.5. The van der Waals surface area contributed by atoms with E-state index in [1.165, 1.54) is 11.1 Å². The molecule has 0 unspecified atom stereocenters. The van der Waals surface area contributed by atoms with E-state index in [2.05, 4.69) is 12.2 Å². The van der Waals surface area contributed by atoms with E-state index in [-0.39, 0.29) is 0 Å². The minimum atomic E-state index is 0.655. The van der Waals surface area contributed by atoms with E-state index in [0.29, 0.717) is 10.9 Å². The highest BCUT2D eigenvalue weighted by Gasteiger charge is 2.05. The molecule has 0 fully saturated rings. The molecule has 0 aliphatic heterocycles. The van der Waals surface area contributed by atoms with Gasteiger partial charge in [-0.2, -0.15) is 0 Å². The molecule has 0 heterocycles. The molecule has 0 bridgehead atoms. The Morgan fingerprint density at radius 1 is 1.38 bits per heavy atom. The summed E-state index contributed by atoms with van der Waals surface area (Å²) >= 11 is 11.7. The first-order chi connectivity index (χ1) is 7.69. The fourth-order valence-corrected chi connectivity index (χ4v) is 1.86. The van der Waals surface area contributed by atoms with Crippen molar-refractivity contribution in [3.05, 3.63) is 28.3 Å². The maximum absolute atomic E-state index is 6.07. The second-order valence-corrected chi connectivity index (χ2v) is 4.42. The molecule has 1 aromatic rings. The molecule has 0 aromatic heterocycles. The zero-order valence-electron chi connectivity index (χ0n) is 9.65. The van der Waals surface area contributed by atoms with E-state index < -0.39 is 0 Å². The van der Waals surface area contributed by atoms with Crippen LogP contribution < -0.4 is 10.1 Å². The Hall–Kier alpha value is -0.440. The number of methoxy groups -OCH3 is 1. The van der Waals surface area contributed by atoms with Crippen molar-refractivity contribution in [1.29, 1.82) is 0 Å². The average molecular weight is 262 g/mol. The van der Waals surface area contributed by atoms with Crippen LogP contribution in [0.3, 0.4) is 0 Å². The maximum Gasteiger partial charge on any atom is 0.137 e. The lowest BCUT2D eigenvalue weighted by atomic mass is 10.1. The molecular weight excluding hydrogens is 245 g/mol. The van der Waals surface area contributed by atoms with E-state index in [4.69, 9.17) is 27.9 Å². The van der Waals surface area contributed by atoms with Crippen molar-refractivity contribution in [1.82, 2.24) is 5.32 Å². The fraction of sp³-hybridized carbons (Fsp3) is 0.500. The smallest absolute Gasteiger partial charge is 0.137 e. The van der Waals surface area contributed by atoms with Gasteiger partial charge >= 0.3 is 0 Å². The van der Waals surface area contributed by atoms with Crippen molar-refractivity contribution in [2.75, 3.05) is 19.5 Å². The van der Waals surface area contributed by atoms with Crippen LogP contribution in [0.15, 0.2) is 12.1 Å². The third-order valence-electron chi connectivity index (χ3n) is 2.41. The molecule has 0 saturated carbocycles. The summed E-state index contributed by atoms with van der Waals surface area (Å²) in [6.45, 7) is 3.79. The molecule has 0 spiro atoms. The fourth-order valence-electron chi connectivity index (χ4n) is 1.46. The van der Waals surface area contributed by atoms with Gasteiger partial charge in [-0.25, -0.2) is 0 Å². The van der Waals surface area contributed by atoms with Gasteiger partial charge in [0.05, 0.1) is 12.1 Å². The standard InChI is InChI=1S/C12H17Cl2NO/c1-9-6-12(16-2)11(14)7-10(9)8-15-5-3-4-13/h6-7,15H,3-5,8H2,1-2H3. The molecular formula is C12H17Cl2NO. The van der Waals surface area contributed by atoms with Gasteiger partial charge in [0.25, 0.3) is 0 Å². The van der Waals surface area contributed by atoms with E-state index >= 15 is 0 Å². The predicted molar refractivity (Wildman–Crippen MR) is 69.8 cm³/mol. The summed E-state index contributed by atoms with van der Waals surface area (Å²) in [5.41, 5.74) is 2.37. The van der Waals surface area contributed by atoms with Gasteiger partial charge < -0.3 is 10.1 Å². The Morgan fingerprint density at radius 2 is 2.12 bits per heavy atom.